The Kier molecular flexibility index (Phi) is 4.98. The molecule has 0 aliphatic rings. The first-order valence-electron chi connectivity index (χ1n) is 4.41. The molecule has 64 valence electrons. The van der Waals surface area contributed by atoms with E-state index >= 15 is 0 Å². The zero-order valence-corrected chi connectivity index (χ0v) is 7.91. The highest BCUT2D eigenvalue weighted by atomic mass is 14.7. The van der Waals surface area contributed by atoms with Gasteiger partial charge in [0.2, 0.25) is 0 Å². The summed E-state index contributed by atoms with van der Waals surface area (Å²) >= 11 is 0. The monoisotopic (exact) mass is 153 g/mol. The Labute approximate surface area is 70.4 Å². The predicted molar refractivity (Wildman–Crippen MR) is 50.2 cm³/mol. The molecule has 0 amide bonds. The van der Waals surface area contributed by atoms with Crippen LogP contribution >= 0.6 is 0 Å². The molecule has 0 radical (unpaired) electrons. The summed E-state index contributed by atoms with van der Waals surface area (Å²) in [6, 6.07) is 0. The third-order valence-corrected chi connectivity index (χ3v) is 1.76. The van der Waals surface area contributed by atoms with E-state index in [2.05, 4.69) is 25.7 Å². The maximum absolute atomic E-state index is 5.82. The third-order valence-electron chi connectivity index (χ3n) is 1.76. The molecule has 0 rings (SSSR count). The molecule has 0 aromatic carbocycles. The van der Waals surface area contributed by atoms with E-state index in [1.54, 1.807) is 0 Å². The van der Waals surface area contributed by atoms with Gasteiger partial charge in [0.1, 0.15) is 0 Å². The fraction of sp³-hybridized carbons (Fsp3) is 0.800. The number of unbranched alkanes of at least 4 members (excludes halogenated alkanes) is 2. The second kappa shape index (κ2) is 5.21. The van der Waals surface area contributed by atoms with Crippen molar-refractivity contribution in [3.63, 3.8) is 0 Å². The van der Waals surface area contributed by atoms with Crippen molar-refractivity contribution in [1.82, 2.24) is 0 Å². The van der Waals surface area contributed by atoms with Crippen LogP contribution in [0, 0.1) is 11.8 Å². The minimum atomic E-state index is -0.270. The lowest BCUT2D eigenvalue weighted by Gasteiger charge is -2.13. The first-order chi connectivity index (χ1) is 5.12. The van der Waals surface area contributed by atoms with Crippen molar-refractivity contribution in [1.29, 1.82) is 0 Å². The lowest BCUT2D eigenvalue weighted by atomic mass is 10.0. The van der Waals surface area contributed by atoms with Gasteiger partial charge < -0.3 is 5.73 Å². The van der Waals surface area contributed by atoms with E-state index in [0.717, 1.165) is 12.8 Å². The molecule has 0 aromatic heterocycles. The molecule has 0 saturated heterocycles. The largest absolute Gasteiger partial charge is 0.315 e. The van der Waals surface area contributed by atoms with Crippen LogP contribution in [-0.2, 0) is 0 Å². The number of rotatable bonds is 3. The Morgan fingerprint density at radius 1 is 1.36 bits per heavy atom. The van der Waals surface area contributed by atoms with E-state index in [1.165, 1.54) is 12.8 Å². The van der Waals surface area contributed by atoms with Crippen LogP contribution < -0.4 is 5.73 Å². The van der Waals surface area contributed by atoms with Gasteiger partial charge in [-0.05, 0) is 19.8 Å². The summed E-state index contributed by atoms with van der Waals surface area (Å²) in [5, 5.41) is 0. The molecule has 0 spiro atoms. The Hall–Kier alpha value is -0.480. The summed E-state index contributed by atoms with van der Waals surface area (Å²) in [6.07, 6.45) is 4.31. The van der Waals surface area contributed by atoms with Gasteiger partial charge in [0.25, 0.3) is 0 Å². The quantitative estimate of drug-likeness (QED) is 0.488. The van der Waals surface area contributed by atoms with Gasteiger partial charge in [-0.25, -0.2) is 0 Å². The van der Waals surface area contributed by atoms with Crippen LogP contribution in [0.2, 0.25) is 0 Å². The summed E-state index contributed by atoms with van der Waals surface area (Å²) < 4.78 is 0. The van der Waals surface area contributed by atoms with Gasteiger partial charge >= 0.3 is 0 Å². The molecule has 0 bridgehead atoms. The molecule has 0 heterocycles. The van der Waals surface area contributed by atoms with Crippen LogP contribution in [0.15, 0.2) is 0 Å². The molecule has 0 aliphatic carbocycles. The van der Waals surface area contributed by atoms with Crippen LogP contribution in [0.5, 0.6) is 0 Å². The molecule has 1 nitrogen and oxygen atoms in total. The normalized spacial score (nSPS) is 14.9. The van der Waals surface area contributed by atoms with Crippen molar-refractivity contribution in [2.24, 2.45) is 5.73 Å². The molecule has 0 aromatic rings. The molecule has 0 saturated carbocycles. The summed E-state index contributed by atoms with van der Waals surface area (Å²) in [5.41, 5.74) is 5.55. The molecule has 11 heavy (non-hydrogen) atoms. The second-order valence-corrected chi connectivity index (χ2v) is 3.18. The molecule has 1 atom stereocenters. The Morgan fingerprint density at radius 3 is 2.45 bits per heavy atom. The van der Waals surface area contributed by atoms with Crippen molar-refractivity contribution < 1.29 is 0 Å². The molecule has 0 aliphatic heterocycles. The minimum absolute atomic E-state index is 0.270. The zero-order valence-electron chi connectivity index (χ0n) is 7.91. The molecular weight excluding hydrogens is 134 g/mol. The van der Waals surface area contributed by atoms with Gasteiger partial charge in [-0.1, -0.05) is 26.2 Å². The Balaban J connectivity index is 3.67. The first kappa shape index (κ1) is 10.5. The van der Waals surface area contributed by atoms with E-state index in [-0.39, 0.29) is 5.54 Å². The van der Waals surface area contributed by atoms with Crippen LogP contribution in [0.3, 0.4) is 0 Å². The lowest BCUT2D eigenvalue weighted by Crippen LogP contribution is -2.32. The van der Waals surface area contributed by atoms with Gasteiger partial charge in [0.05, 0.1) is 5.54 Å². The van der Waals surface area contributed by atoms with Crippen molar-refractivity contribution in [2.45, 2.75) is 52.0 Å². The smallest absolute Gasteiger partial charge is 0.0744 e. The highest BCUT2D eigenvalue weighted by molar-refractivity contribution is 5.13. The van der Waals surface area contributed by atoms with Crippen LogP contribution in [-0.4, -0.2) is 5.54 Å². The minimum Gasteiger partial charge on any atom is -0.315 e. The van der Waals surface area contributed by atoms with Crippen LogP contribution in [0.25, 0.3) is 0 Å². The summed E-state index contributed by atoms with van der Waals surface area (Å²) in [4.78, 5) is 0. The van der Waals surface area contributed by atoms with Crippen molar-refractivity contribution in [2.75, 3.05) is 0 Å². The van der Waals surface area contributed by atoms with Gasteiger partial charge in [-0.2, -0.15) is 0 Å². The molecule has 0 fully saturated rings. The first-order valence-corrected chi connectivity index (χ1v) is 4.41. The van der Waals surface area contributed by atoms with E-state index in [4.69, 9.17) is 5.73 Å². The van der Waals surface area contributed by atoms with E-state index in [1.807, 2.05) is 6.92 Å². The zero-order chi connectivity index (χ0) is 8.74. The number of nitrogens with two attached hydrogens (primary N) is 1. The maximum atomic E-state index is 5.82. The fourth-order valence-corrected chi connectivity index (χ4v) is 0.618. The average Bonchev–Trinajstić information content (AvgIpc) is 1.99. The van der Waals surface area contributed by atoms with Gasteiger partial charge in [0.15, 0.2) is 0 Å². The van der Waals surface area contributed by atoms with E-state index < -0.39 is 0 Å². The van der Waals surface area contributed by atoms with Gasteiger partial charge in [-0.15, -0.1) is 5.92 Å². The fourth-order valence-electron chi connectivity index (χ4n) is 0.618. The van der Waals surface area contributed by atoms with Crippen molar-refractivity contribution in [3.05, 3.63) is 0 Å². The van der Waals surface area contributed by atoms with Crippen LogP contribution in [0.4, 0.5) is 0 Å². The topological polar surface area (TPSA) is 26.0 Å². The molecular formula is C10H19N. The van der Waals surface area contributed by atoms with E-state index in [9.17, 15) is 0 Å². The third kappa shape index (κ3) is 5.94. The van der Waals surface area contributed by atoms with Crippen molar-refractivity contribution >= 4 is 0 Å². The highest BCUT2D eigenvalue weighted by Gasteiger charge is 2.09. The predicted octanol–water partition coefficient (Wildman–Crippen LogP) is 2.31. The van der Waals surface area contributed by atoms with Crippen LogP contribution in [0.1, 0.15) is 46.5 Å². The highest BCUT2D eigenvalue weighted by Crippen LogP contribution is 2.02. The summed E-state index contributed by atoms with van der Waals surface area (Å²) in [7, 11) is 0. The maximum Gasteiger partial charge on any atom is 0.0744 e. The number of hydrogen-bond acceptors (Lipinski definition) is 1. The standard InChI is InChI=1S/C10H19N/c1-4-6-7-8-9-10(3,11)5-2/h4-7,11H2,1-3H3. The summed E-state index contributed by atoms with van der Waals surface area (Å²) in [6.45, 7) is 6.21. The SMILES string of the molecule is CCCCC#CC(C)(N)CC. The Morgan fingerprint density at radius 2 is 2.00 bits per heavy atom. The summed E-state index contributed by atoms with van der Waals surface area (Å²) in [5.74, 6) is 6.17. The molecule has 2 N–H and O–H groups in total. The molecule has 1 heteroatoms. The average molecular weight is 153 g/mol. The van der Waals surface area contributed by atoms with Gasteiger partial charge in [-0.3, -0.25) is 0 Å². The van der Waals surface area contributed by atoms with Crippen molar-refractivity contribution in [3.8, 4) is 11.8 Å². The Bertz CT molecular complexity index is 148. The molecule has 1 unspecified atom stereocenters. The van der Waals surface area contributed by atoms with Gasteiger partial charge in [0, 0.05) is 6.42 Å². The number of hydrogen-bond donors (Lipinski definition) is 1. The lowest BCUT2D eigenvalue weighted by molar-refractivity contribution is 0.585. The second-order valence-electron chi connectivity index (χ2n) is 3.18. The van der Waals surface area contributed by atoms with E-state index in [0.29, 0.717) is 0 Å².